The zero-order valence-corrected chi connectivity index (χ0v) is 13.2. The van der Waals surface area contributed by atoms with Crippen LogP contribution in [-0.4, -0.2) is 63.2 Å². The molecule has 5 nitrogen and oxygen atoms in total. The number of benzene rings is 1. The van der Waals surface area contributed by atoms with Crippen molar-refractivity contribution in [2.45, 2.75) is 19.4 Å². The number of hydrogen-bond acceptors (Lipinski definition) is 5. The molecule has 1 aromatic carbocycles. The summed E-state index contributed by atoms with van der Waals surface area (Å²) in [6.07, 6.45) is 0.537. The lowest BCUT2D eigenvalue weighted by Gasteiger charge is -2.20. The van der Waals surface area contributed by atoms with Gasteiger partial charge in [-0.1, -0.05) is 6.92 Å². The summed E-state index contributed by atoms with van der Waals surface area (Å²) in [7, 11) is 3.53. The van der Waals surface area contributed by atoms with Gasteiger partial charge in [0.05, 0.1) is 19.3 Å². The number of nitrogens with zero attached hydrogens (tertiary/aromatic N) is 1. The Hall–Kier alpha value is -1.30. The third-order valence-electron chi connectivity index (χ3n) is 2.92. The predicted molar refractivity (Wildman–Crippen MR) is 83.1 cm³/mol. The van der Waals surface area contributed by atoms with Crippen LogP contribution in [0.15, 0.2) is 24.3 Å². The molecule has 0 aromatic heterocycles. The third kappa shape index (κ3) is 7.90. The number of aliphatic hydroxyl groups excluding tert-OH is 1. The van der Waals surface area contributed by atoms with Gasteiger partial charge in [-0.2, -0.15) is 0 Å². The average Bonchev–Trinajstić information content (AvgIpc) is 2.46. The molecule has 0 amide bonds. The molecule has 0 bridgehead atoms. The maximum absolute atomic E-state index is 9.62. The Morgan fingerprint density at radius 3 is 2.19 bits per heavy atom. The van der Waals surface area contributed by atoms with Gasteiger partial charge < -0.3 is 24.2 Å². The van der Waals surface area contributed by atoms with E-state index in [-0.39, 0.29) is 0 Å². The van der Waals surface area contributed by atoms with Crippen molar-refractivity contribution in [2.75, 3.05) is 47.1 Å². The predicted octanol–water partition coefficient (Wildman–Crippen LogP) is 1.79. The first-order valence-electron chi connectivity index (χ1n) is 7.37. The molecule has 0 radical (unpaired) electrons. The van der Waals surface area contributed by atoms with Crippen LogP contribution in [0.2, 0.25) is 0 Å². The van der Waals surface area contributed by atoms with Crippen molar-refractivity contribution in [3.8, 4) is 11.5 Å². The summed E-state index contributed by atoms with van der Waals surface area (Å²) < 4.78 is 16.1. The smallest absolute Gasteiger partial charge is 0.119 e. The molecule has 5 heteroatoms. The number of hydrogen-bond donors (Lipinski definition) is 1. The highest BCUT2D eigenvalue weighted by atomic mass is 16.5. The van der Waals surface area contributed by atoms with E-state index in [2.05, 4.69) is 6.92 Å². The summed E-state index contributed by atoms with van der Waals surface area (Å²) >= 11 is 0. The minimum atomic E-state index is -0.463. The van der Waals surface area contributed by atoms with Gasteiger partial charge in [0, 0.05) is 20.2 Å². The first-order valence-corrected chi connectivity index (χ1v) is 7.37. The van der Waals surface area contributed by atoms with Crippen LogP contribution in [0.3, 0.4) is 0 Å². The minimum absolute atomic E-state index is 0.352. The summed E-state index contributed by atoms with van der Waals surface area (Å²) in [5.74, 6) is 1.69. The molecule has 0 aliphatic heterocycles. The second kappa shape index (κ2) is 10.4. The van der Waals surface area contributed by atoms with Gasteiger partial charge in [0.25, 0.3) is 0 Å². The Morgan fingerprint density at radius 2 is 1.67 bits per heavy atom. The van der Waals surface area contributed by atoms with E-state index in [1.165, 1.54) is 0 Å². The highest BCUT2D eigenvalue weighted by molar-refractivity contribution is 5.31. The quantitative estimate of drug-likeness (QED) is 0.675. The zero-order valence-electron chi connectivity index (χ0n) is 13.2. The van der Waals surface area contributed by atoms with Crippen LogP contribution < -0.4 is 9.47 Å². The van der Waals surface area contributed by atoms with E-state index in [0.717, 1.165) is 31.1 Å². The highest BCUT2D eigenvalue weighted by Crippen LogP contribution is 2.17. The van der Waals surface area contributed by atoms with E-state index in [1.54, 1.807) is 7.11 Å². The fourth-order valence-electron chi connectivity index (χ4n) is 1.87. The third-order valence-corrected chi connectivity index (χ3v) is 2.92. The molecule has 0 aliphatic carbocycles. The molecule has 1 aromatic rings. The molecule has 0 spiro atoms. The first-order chi connectivity index (χ1) is 10.2. The first kappa shape index (κ1) is 17.8. The van der Waals surface area contributed by atoms with Crippen LogP contribution in [0.5, 0.6) is 11.5 Å². The van der Waals surface area contributed by atoms with Crippen LogP contribution in [0.25, 0.3) is 0 Å². The van der Waals surface area contributed by atoms with Gasteiger partial charge in [0.15, 0.2) is 0 Å². The van der Waals surface area contributed by atoms with E-state index in [1.807, 2.05) is 36.2 Å². The van der Waals surface area contributed by atoms with Crippen LogP contribution in [0.4, 0.5) is 0 Å². The summed E-state index contributed by atoms with van der Waals surface area (Å²) in [4.78, 5) is 2.02. The molecule has 1 unspecified atom stereocenters. The monoisotopic (exact) mass is 297 g/mol. The molecule has 1 atom stereocenters. The van der Waals surface area contributed by atoms with Crippen molar-refractivity contribution in [3.05, 3.63) is 24.3 Å². The van der Waals surface area contributed by atoms with Gasteiger partial charge in [-0.3, -0.25) is 0 Å². The standard InChI is InChI=1S/C16H27NO4/c1-4-10-20-15-5-7-16(8-6-15)21-11-9-17(2)12-14(18)13-19-3/h5-8,14,18H,4,9-13H2,1-3H3. The Morgan fingerprint density at radius 1 is 1.10 bits per heavy atom. The van der Waals surface area contributed by atoms with Gasteiger partial charge in [-0.05, 0) is 37.7 Å². The zero-order chi connectivity index (χ0) is 15.5. The Kier molecular flexibility index (Phi) is 8.82. The fourth-order valence-corrected chi connectivity index (χ4v) is 1.87. The molecular weight excluding hydrogens is 270 g/mol. The lowest BCUT2D eigenvalue weighted by atomic mass is 10.3. The number of ether oxygens (including phenoxy) is 3. The summed E-state index contributed by atoms with van der Waals surface area (Å²) in [5.41, 5.74) is 0. The Balaban J connectivity index is 2.22. The summed E-state index contributed by atoms with van der Waals surface area (Å²) in [5, 5.41) is 9.62. The van der Waals surface area contributed by atoms with E-state index >= 15 is 0 Å². The number of methoxy groups -OCH3 is 1. The second-order valence-corrected chi connectivity index (χ2v) is 5.04. The topological polar surface area (TPSA) is 51.2 Å². The molecule has 0 fully saturated rings. The SMILES string of the molecule is CCCOc1ccc(OCCN(C)CC(O)COC)cc1. The van der Waals surface area contributed by atoms with Gasteiger partial charge in [-0.15, -0.1) is 0 Å². The normalized spacial score (nSPS) is 12.4. The fraction of sp³-hybridized carbons (Fsp3) is 0.625. The molecule has 120 valence electrons. The molecule has 1 rings (SSSR count). The van der Waals surface area contributed by atoms with Crippen molar-refractivity contribution in [1.29, 1.82) is 0 Å². The molecule has 0 heterocycles. The molecule has 21 heavy (non-hydrogen) atoms. The maximum Gasteiger partial charge on any atom is 0.119 e. The number of rotatable bonds is 11. The average molecular weight is 297 g/mol. The van der Waals surface area contributed by atoms with Crippen LogP contribution in [0, 0.1) is 0 Å². The van der Waals surface area contributed by atoms with E-state index < -0.39 is 6.10 Å². The minimum Gasteiger partial charge on any atom is -0.494 e. The Labute approximate surface area is 127 Å². The number of aliphatic hydroxyl groups is 1. The van der Waals surface area contributed by atoms with Gasteiger partial charge >= 0.3 is 0 Å². The van der Waals surface area contributed by atoms with Gasteiger partial charge in [-0.25, -0.2) is 0 Å². The van der Waals surface area contributed by atoms with Crippen molar-refractivity contribution < 1.29 is 19.3 Å². The van der Waals surface area contributed by atoms with E-state index in [9.17, 15) is 5.11 Å². The van der Waals surface area contributed by atoms with Crippen LogP contribution >= 0.6 is 0 Å². The van der Waals surface area contributed by atoms with Crippen molar-refractivity contribution in [2.24, 2.45) is 0 Å². The lowest BCUT2D eigenvalue weighted by Crippen LogP contribution is -2.34. The molecular formula is C16H27NO4. The maximum atomic E-state index is 9.62. The highest BCUT2D eigenvalue weighted by Gasteiger charge is 2.07. The van der Waals surface area contributed by atoms with Crippen molar-refractivity contribution in [3.63, 3.8) is 0 Å². The van der Waals surface area contributed by atoms with E-state index in [4.69, 9.17) is 14.2 Å². The Bertz CT molecular complexity index is 369. The molecule has 0 aliphatic rings. The van der Waals surface area contributed by atoms with E-state index in [0.29, 0.717) is 19.8 Å². The largest absolute Gasteiger partial charge is 0.494 e. The summed E-state index contributed by atoms with van der Waals surface area (Å²) in [6.45, 7) is 5.05. The molecule has 1 N–H and O–H groups in total. The number of likely N-dealkylation sites (N-methyl/N-ethyl adjacent to an activating group) is 1. The van der Waals surface area contributed by atoms with Gasteiger partial charge in [0.2, 0.25) is 0 Å². The van der Waals surface area contributed by atoms with Crippen LogP contribution in [-0.2, 0) is 4.74 Å². The summed E-state index contributed by atoms with van der Waals surface area (Å²) in [6, 6.07) is 7.64. The van der Waals surface area contributed by atoms with Crippen molar-refractivity contribution in [1.82, 2.24) is 4.90 Å². The molecule has 0 saturated carbocycles. The lowest BCUT2D eigenvalue weighted by molar-refractivity contribution is 0.0410. The molecule has 0 saturated heterocycles. The van der Waals surface area contributed by atoms with Crippen LogP contribution in [0.1, 0.15) is 13.3 Å². The van der Waals surface area contributed by atoms with Crippen molar-refractivity contribution >= 4 is 0 Å². The van der Waals surface area contributed by atoms with Gasteiger partial charge in [0.1, 0.15) is 18.1 Å². The second-order valence-electron chi connectivity index (χ2n) is 5.04.